The summed E-state index contributed by atoms with van der Waals surface area (Å²) < 4.78 is 5.18. The Kier molecular flexibility index (Phi) is 9.15. The van der Waals surface area contributed by atoms with Crippen LogP contribution < -0.4 is 0 Å². The second-order valence-corrected chi connectivity index (χ2v) is 7.96. The summed E-state index contributed by atoms with van der Waals surface area (Å²) in [7, 11) is 1.64. The third-order valence-corrected chi connectivity index (χ3v) is 5.30. The minimum Gasteiger partial charge on any atom is -0.460 e. The molecule has 8 nitrogen and oxygen atoms in total. The lowest BCUT2D eigenvalue weighted by Crippen LogP contribution is -2.28. The highest BCUT2D eigenvalue weighted by Gasteiger charge is 2.12. The highest BCUT2D eigenvalue weighted by Crippen LogP contribution is 2.28. The number of hydrogen-bond acceptors (Lipinski definition) is 8. The van der Waals surface area contributed by atoms with Gasteiger partial charge in [-0.05, 0) is 55.5 Å². The largest absolute Gasteiger partial charge is 0.460 e. The van der Waals surface area contributed by atoms with Crippen molar-refractivity contribution in [3.8, 4) is 0 Å². The van der Waals surface area contributed by atoms with E-state index in [1.807, 2.05) is 0 Å². The molecule has 168 valence electrons. The van der Waals surface area contributed by atoms with Gasteiger partial charge in [-0.2, -0.15) is 0 Å². The fraction of sp³-hybridized carbons (Fsp3) is 0.261. The van der Waals surface area contributed by atoms with Crippen molar-refractivity contribution < 1.29 is 28.8 Å². The molecule has 0 aliphatic carbocycles. The third-order valence-electron chi connectivity index (χ3n) is 4.28. The Labute approximate surface area is 190 Å². The first kappa shape index (κ1) is 24.8. The van der Waals surface area contributed by atoms with Gasteiger partial charge in [0.05, 0.1) is 12.1 Å². The second-order valence-electron chi connectivity index (χ2n) is 6.82. The third kappa shape index (κ3) is 7.66. The molecule has 0 unspecified atom stereocenters. The molecule has 0 saturated carbocycles. The topological polar surface area (TPSA) is 102 Å². The molecule has 0 atom stereocenters. The predicted molar refractivity (Wildman–Crippen MR) is 120 cm³/mol. The zero-order valence-corrected chi connectivity index (χ0v) is 19.1. The van der Waals surface area contributed by atoms with E-state index in [0.29, 0.717) is 17.7 Å². The smallest absolute Gasteiger partial charge is 0.338 e. The molecule has 32 heavy (non-hydrogen) atoms. The van der Waals surface area contributed by atoms with Crippen LogP contribution in [0.1, 0.15) is 41.5 Å². The van der Waals surface area contributed by atoms with Gasteiger partial charge in [-0.25, -0.2) is 9.59 Å². The number of oxime groups is 1. The number of ketones is 1. The number of amides is 1. The van der Waals surface area contributed by atoms with Crippen LogP contribution in [0.15, 0.2) is 63.5 Å². The first-order valence-electron chi connectivity index (χ1n) is 9.71. The van der Waals surface area contributed by atoms with E-state index in [1.54, 1.807) is 55.6 Å². The van der Waals surface area contributed by atoms with Crippen LogP contribution in [-0.4, -0.2) is 54.4 Å². The molecule has 0 aliphatic rings. The van der Waals surface area contributed by atoms with Gasteiger partial charge in [0, 0.05) is 36.2 Å². The van der Waals surface area contributed by atoms with Crippen molar-refractivity contribution in [2.24, 2.45) is 5.16 Å². The monoisotopic (exact) mass is 456 g/mol. The number of carbonyl (C=O) groups excluding carboxylic acids is 4. The fourth-order valence-electron chi connectivity index (χ4n) is 2.37. The SMILES string of the molecule is CC(=O)ON=C(C)C(=O)c1ccc(Sc2ccc(C(=O)OCCN(C)C(C)=O)cc2)cc1. The van der Waals surface area contributed by atoms with E-state index in [4.69, 9.17) is 4.74 Å². The number of ether oxygens (including phenoxy) is 1. The number of carbonyl (C=O) groups is 4. The summed E-state index contributed by atoms with van der Waals surface area (Å²) in [4.78, 5) is 54.1. The number of likely N-dealkylation sites (N-methyl/N-ethyl adjacent to an activating group) is 1. The predicted octanol–water partition coefficient (Wildman–Crippen LogP) is 3.59. The van der Waals surface area contributed by atoms with E-state index < -0.39 is 11.9 Å². The van der Waals surface area contributed by atoms with Gasteiger partial charge in [0.1, 0.15) is 12.3 Å². The fourth-order valence-corrected chi connectivity index (χ4v) is 3.19. The number of rotatable bonds is 9. The van der Waals surface area contributed by atoms with Gasteiger partial charge in [-0.3, -0.25) is 9.59 Å². The van der Waals surface area contributed by atoms with Crippen molar-refractivity contribution in [2.75, 3.05) is 20.2 Å². The molecule has 0 spiro atoms. The van der Waals surface area contributed by atoms with Gasteiger partial charge >= 0.3 is 11.9 Å². The molecule has 0 aromatic heterocycles. The summed E-state index contributed by atoms with van der Waals surface area (Å²) in [6.45, 7) is 4.59. The molecule has 0 saturated heterocycles. The van der Waals surface area contributed by atoms with Crippen LogP contribution >= 0.6 is 11.8 Å². The van der Waals surface area contributed by atoms with E-state index in [1.165, 1.54) is 37.4 Å². The molecular formula is C23H24N2O6S. The van der Waals surface area contributed by atoms with E-state index in [0.717, 1.165) is 9.79 Å². The van der Waals surface area contributed by atoms with Crippen LogP contribution in [0.25, 0.3) is 0 Å². The first-order valence-corrected chi connectivity index (χ1v) is 10.5. The number of hydrogen-bond donors (Lipinski definition) is 0. The van der Waals surface area contributed by atoms with Crippen LogP contribution in [0.5, 0.6) is 0 Å². The summed E-state index contributed by atoms with van der Waals surface area (Å²) in [5.41, 5.74) is 0.926. The summed E-state index contributed by atoms with van der Waals surface area (Å²) >= 11 is 1.47. The molecule has 0 heterocycles. The van der Waals surface area contributed by atoms with Gasteiger partial charge in [0.25, 0.3) is 0 Å². The van der Waals surface area contributed by atoms with Gasteiger partial charge in [0.2, 0.25) is 11.7 Å². The summed E-state index contributed by atoms with van der Waals surface area (Å²) in [5, 5.41) is 3.50. The van der Waals surface area contributed by atoms with E-state index in [9.17, 15) is 19.2 Å². The number of nitrogens with zero attached hydrogens (tertiary/aromatic N) is 2. The molecule has 9 heteroatoms. The zero-order valence-electron chi connectivity index (χ0n) is 18.3. The van der Waals surface area contributed by atoms with Gasteiger partial charge in [0.15, 0.2) is 0 Å². The molecular weight excluding hydrogens is 432 g/mol. The maximum absolute atomic E-state index is 12.3. The molecule has 1 amide bonds. The Bertz CT molecular complexity index is 1020. The molecule has 0 bridgehead atoms. The van der Waals surface area contributed by atoms with Crippen LogP contribution in [-0.2, 0) is 19.2 Å². The van der Waals surface area contributed by atoms with Crippen LogP contribution in [0.4, 0.5) is 0 Å². The van der Waals surface area contributed by atoms with Gasteiger partial charge in [-0.1, -0.05) is 16.9 Å². The lowest BCUT2D eigenvalue weighted by atomic mass is 10.1. The van der Waals surface area contributed by atoms with Gasteiger partial charge in [-0.15, -0.1) is 0 Å². The van der Waals surface area contributed by atoms with Gasteiger partial charge < -0.3 is 14.5 Å². The lowest BCUT2D eigenvalue weighted by molar-refractivity contribution is -0.140. The number of benzene rings is 2. The Morgan fingerprint density at radius 3 is 1.91 bits per heavy atom. The average molecular weight is 457 g/mol. The van der Waals surface area contributed by atoms with Crippen LogP contribution in [0.2, 0.25) is 0 Å². The molecule has 0 aliphatic heterocycles. The lowest BCUT2D eigenvalue weighted by Gasteiger charge is -2.14. The molecule has 2 aromatic carbocycles. The highest BCUT2D eigenvalue weighted by molar-refractivity contribution is 7.99. The molecule has 0 radical (unpaired) electrons. The van der Waals surface area contributed by atoms with E-state index in [-0.39, 0.29) is 24.0 Å². The summed E-state index contributed by atoms with van der Waals surface area (Å²) in [5.74, 6) is -1.47. The Hall–Kier alpha value is -3.46. The number of esters is 1. The highest BCUT2D eigenvalue weighted by atomic mass is 32.2. The Morgan fingerprint density at radius 1 is 0.875 bits per heavy atom. The van der Waals surface area contributed by atoms with Crippen molar-refractivity contribution in [3.63, 3.8) is 0 Å². The average Bonchev–Trinajstić information content (AvgIpc) is 2.77. The molecule has 0 fully saturated rings. The van der Waals surface area contributed by atoms with Crippen molar-refractivity contribution >= 4 is 41.1 Å². The zero-order chi connectivity index (χ0) is 23.7. The maximum atomic E-state index is 12.3. The van der Waals surface area contributed by atoms with E-state index in [2.05, 4.69) is 9.99 Å². The molecule has 2 rings (SSSR count). The molecule has 2 aromatic rings. The van der Waals surface area contributed by atoms with Crippen molar-refractivity contribution in [1.29, 1.82) is 0 Å². The van der Waals surface area contributed by atoms with Crippen LogP contribution in [0, 0.1) is 0 Å². The Balaban J connectivity index is 1.92. The normalized spacial score (nSPS) is 10.9. The standard InChI is InChI=1S/C23H24N2O6S/c1-15(24-31-17(3)27)22(28)18-5-9-20(10-6-18)32-21-11-7-19(8-12-21)23(29)30-14-13-25(4)16(2)26/h5-12H,13-14H2,1-4H3. The minimum atomic E-state index is -0.594. The van der Waals surface area contributed by atoms with E-state index >= 15 is 0 Å². The second kappa shape index (κ2) is 11.8. The minimum absolute atomic E-state index is 0.0796. The summed E-state index contributed by atoms with van der Waals surface area (Å²) in [6, 6.07) is 13.9. The quantitative estimate of drug-likeness (QED) is 0.187. The first-order chi connectivity index (χ1) is 15.2. The molecule has 0 N–H and O–H groups in total. The maximum Gasteiger partial charge on any atom is 0.338 e. The number of Topliss-reactive ketones (excluding diaryl/α,β-unsaturated/α-hetero) is 1. The van der Waals surface area contributed by atoms with Crippen LogP contribution in [0.3, 0.4) is 0 Å². The van der Waals surface area contributed by atoms with Crippen molar-refractivity contribution in [3.05, 3.63) is 59.7 Å². The van der Waals surface area contributed by atoms with Crippen molar-refractivity contribution in [2.45, 2.75) is 30.6 Å². The van der Waals surface area contributed by atoms with Crippen molar-refractivity contribution in [1.82, 2.24) is 4.90 Å². The summed E-state index contributed by atoms with van der Waals surface area (Å²) in [6.07, 6.45) is 0. The Morgan fingerprint density at radius 2 is 1.41 bits per heavy atom.